The van der Waals surface area contributed by atoms with Crippen LogP contribution in [-0.4, -0.2) is 16.9 Å². The molecule has 0 saturated carbocycles. The number of carboxylic acids is 1. The molecule has 1 heterocycles. The minimum absolute atomic E-state index is 0.173. The molecular formula is C14H12O4. The van der Waals surface area contributed by atoms with Crippen molar-refractivity contribution >= 4 is 28.8 Å². The van der Waals surface area contributed by atoms with Gasteiger partial charge in [-0.1, -0.05) is 13.0 Å². The van der Waals surface area contributed by atoms with Crippen molar-refractivity contribution in [3.63, 3.8) is 0 Å². The Bertz CT molecular complexity index is 634. The lowest BCUT2D eigenvalue weighted by Gasteiger charge is -2.00. The minimum Gasteiger partial charge on any atom is -0.478 e. The molecule has 0 amide bonds. The standard InChI is InChI=1S/C14H12O4/c1-2-12(15)11(14(16)17)8-9-3-4-13-10(7-9)5-6-18-13/h3-8H,2H2,1H3,(H,16,17). The molecule has 0 saturated heterocycles. The number of benzene rings is 1. The van der Waals surface area contributed by atoms with Crippen molar-refractivity contribution in [3.05, 3.63) is 41.7 Å². The van der Waals surface area contributed by atoms with Crippen LogP contribution in [0.1, 0.15) is 18.9 Å². The number of carbonyl (C=O) groups is 2. The van der Waals surface area contributed by atoms with Crippen LogP contribution in [0.2, 0.25) is 0 Å². The predicted molar refractivity (Wildman–Crippen MR) is 67.1 cm³/mol. The van der Waals surface area contributed by atoms with Gasteiger partial charge in [0.2, 0.25) is 0 Å². The van der Waals surface area contributed by atoms with Gasteiger partial charge >= 0.3 is 5.97 Å². The van der Waals surface area contributed by atoms with Crippen molar-refractivity contribution in [1.82, 2.24) is 0 Å². The third kappa shape index (κ3) is 2.32. The first-order valence-corrected chi connectivity index (χ1v) is 5.57. The fourth-order valence-electron chi connectivity index (χ4n) is 1.69. The number of ketones is 1. The Labute approximate surface area is 104 Å². The lowest BCUT2D eigenvalue weighted by molar-refractivity contribution is -0.134. The molecule has 2 rings (SSSR count). The zero-order valence-corrected chi connectivity index (χ0v) is 9.84. The second-order valence-corrected chi connectivity index (χ2v) is 3.86. The summed E-state index contributed by atoms with van der Waals surface area (Å²) in [6, 6.07) is 7.04. The number of Topliss-reactive ketones (excluding diaryl/α,β-unsaturated/α-hetero) is 1. The van der Waals surface area contributed by atoms with Crippen LogP contribution in [0.4, 0.5) is 0 Å². The van der Waals surface area contributed by atoms with E-state index in [4.69, 9.17) is 9.52 Å². The van der Waals surface area contributed by atoms with Crippen LogP contribution >= 0.6 is 0 Å². The molecule has 1 aromatic carbocycles. The highest BCUT2D eigenvalue weighted by Gasteiger charge is 2.15. The third-order valence-corrected chi connectivity index (χ3v) is 2.64. The van der Waals surface area contributed by atoms with Crippen LogP contribution in [0.15, 0.2) is 40.5 Å². The van der Waals surface area contributed by atoms with Crippen molar-refractivity contribution in [2.24, 2.45) is 0 Å². The van der Waals surface area contributed by atoms with Crippen molar-refractivity contribution in [1.29, 1.82) is 0 Å². The first-order valence-electron chi connectivity index (χ1n) is 5.57. The highest BCUT2D eigenvalue weighted by Crippen LogP contribution is 2.19. The smallest absolute Gasteiger partial charge is 0.339 e. The summed E-state index contributed by atoms with van der Waals surface area (Å²) in [5.41, 5.74) is 1.20. The monoisotopic (exact) mass is 244 g/mol. The SMILES string of the molecule is CCC(=O)C(=Cc1ccc2occc2c1)C(=O)O. The molecule has 0 unspecified atom stereocenters. The Morgan fingerprint density at radius 3 is 2.78 bits per heavy atom. The second kappa shape index (κ2) is 4.87. The van der Waals surface area contributed by atoms with E-state index < -0.39 is 5.97 Å². The Hall–Kier alpha value is -2.36. The average Bonchev–Trinajstić information content (AvgIpc) is 2.82. The molecule has 92 valence electrons. The Kier molecular flexibility index (Phi) is 3.28. The molecular weight excluding hydrogens is 232 g/mol. The van der Waals surface area contributed by atoms with E-state index in [2.05, 4.69) is 0 Å². The van der Waals surface area contributed by atoms with Crippen LogP contribution in [0.25, 0.3) is 17.0 Å². The summed E-state index contributed by atoms with van der Waals surface area (Å²) < 4.78 is 5.19. The van der Waals surface area contributed by atoms with E-state index in [0.29, 0.717) is 5.56 Å². The van der Waals surface area contributed by atoms with Gasteiger partial charge in [0.05, 0.1) is 6.26 Å². The number of hydrogen-bond acceptors (Lipinski definition) is 3. The van der Waals surface area contributed by atoms with Gasteiger partial charge < -0.3 is 9.52 Å². The van der Waals surface area contributed by atoms with Crippen molar-refractivity contribution in [2.75, 3.05) is 0 Å². The highest BCUT2D eigenvalue weighted by molar-refractivity contribution is 6.20. The zero-order valence-electron chi connectivity index (χ0n) is 9.84. The average molecular weight is 244 g/mol. The van der Waals surface area contributed by atoms with Gasteiger partial charge in [0, 0.05) is 11.8 Å². The summed E-state index contributed by atoms with van der Waals surface area (Å²) in [6.07, 6.45) is 3.13. The lowest BCUT2D eigenvalue weighted by Crippen LogP contribution is -2.10. The third-order valence-electron chi connectivity index (χ3n) is 2.64. The number of rotatable bonds is 4. The van der Waals surface area contributed by atoms with Crippen molar-refractivity contribution < 1.29 is 19.1 Å². The van der Waals surface area contributed by atoms with Crippen LogP contribution in [0.3, 0.4) is 0 Å². The summed E-state index contributed by atoms with van der Waals surface area (Å²) in [6.45, 7) is 1.64. The molecule has 0 aliphatic rings. The zero-order chi connectivity index (χ0) is 13.1. The van der Waals surface area contributed by atoms with Gasteiger partial charge in [-0.15, -0.1) is 0 Å². The molecule has 0 radical (unpaired) electrons. The van der Waals surface area contributed by atoms with Crippen LogP contribution in [0.5, 0.6) is 0 Å². The van der Waals surface area contributed by atoms with E-state index in [9.17, 15) is 9.59 Å². The molecule has 0 spiro atoms. The lowest BCUT2D eigenvalue weighted by atomic mass is 10.0. The molecule has 0 fully saturated rings. The molecule has 2 aromatic rings. The van der Waals surface area contributed by atoms with Crippen LogP contribution in [0, 0.1) is 0 Å². The maximum atomic E-state index is 11.5. The van der Waals surface area contributed by atoms with Gasteiger partial charge in [0.1, 0.15) is 11.2 Å². The number of aliphatic carboxylic acids is 1. The molecule has 1 aromatic heterocycles. The summed E-state index contributed by atoms with van der Waals surface area (Å²) in [4.78, 5) is 22.5. The molecule has 18 heavy (non-hydrogen) atoms. The summed E-state index contributed by atoms with van der Waals surface area (Å²) in [5, 5.41) is 9.87. The van der Waals surface area contributed by atoms with Gasteiger partial charge in [-0.05, 0) is 29.8 Å². The second-order valence-electron chi connectivity index (χ2n) is 3.86. The topological polar surface area (TPSA) is 67.5 Å². The van der Waals surface area contributed by atoms with Crippen molar-refractivity contribution in [3.8, 4) is 0 Å². The number of carboxylic acid groups (broad SMARTS) is 1. The number of hydrogen-bond donors (Lipinski definition) is 1. The van der Waals surface area contributed by atoms with Crippen molar-refractivity contribution in [2.45, 2.75) is 13.3 Å². The van der Waals surface area contributed by atoms with E-state index in [1.54, 1.807) is 37.5 Å². The Morgan fingerprint density at radius 2 is 2.11 bits per heavy atom. The summed E-state index contributed by atoms with van der Waals surface area (Å²) >= 11 is 0. The van der Waals surface area contributed by atoms with Gasteiger partial charge in [-0.2, -0.15) is 0 Å². The first kappa shape index (κ1) is 12.1. The van der Waals surface area contributed by atoms with E-state index in [1.165, 1.54) is 6.08 Å². The molecule has 0 atom stereocenters. The minimum atomic E-state index is -1.20. The van der Waals surface area contributed by atoms with E-state index >= 15 is 0 Å². The molecule has 1 N–H and O–H groups in total. The predicted octanol–water partition coefficient (Wildman–Crippen LogP) is 2.88. The fourth-order valence-corrected chi connectivity index (χ4v) is 1.69. The van der Waals surface area contributed by atoms with Gasteiger partial charge in [-0.25, -0.2) is 4.79 Å². The Balaban J connectivity index is 2.45. The van der Waals surface area contributed by atoms with Gasteiger partial charge in [-0.3, -0.25) is 4.79 Å². The maximum absolute atomic E-state index is 11.5. The normalized spacial score (nSPS) is 11.7. The molecule has 0 aliphatic carbocycles. The maximum Gasteiger partial charge on any atom is 0.339 e. The van der Waals surface area contributed by atoms with E-state index in [-0.39, 0.29) is 17.8 Å². The summed E-state index contributed by atoms with van der Waals surface area (Å²) in [5.74, 6) is -1.58. The van der Waals surface area contributed by atoms with Gasteiger partial charge in [0.25, 0.3) is 0 Å². The Morgan fingerprint density at radius 1 is 1.33 bits per heavy atom. The van der Waals surface area contributed by atoms with Crippen LogP contribution < -0.4 is 0 Å². The fraction of sp³-hybridized carbons (Fsp3) is 0.143. The molecule has 4 heteroatoms. The molecule has 4 nitrogen and oxygen atoms in total. The molecule has 0 bridgehead atoms. The number of carbonyl (C=O) groups excluding carboxylic acids is 1. The van der Waals surface area contributed by atoms with Gasteiger partial charge in [0.15, 0.2) is 5.78 Å². The van der Waals surface area contributed by atoms with E-state index in [1.807, 2.05) is 0 Å². The quantitative estimate of drug-likeness (QED) is 0.510. The van der Waals surface area contributed by atoms with E-state index in [0.717, 1.165) is 11.0 Å². The number of fused-ring (bicyclic) bond motifs is 1. The van der Waals surface area contributed by atoms with Crippen LogP contribution in [-0.2, 0) is 9.59 Å². The number of furan rings is 1. The largest absolute Gasteiger partial charge is 0.478 e. The summed E-state index contributed by atoms with van der Waals surface area (Å²) in [7, 11) is 0. The first-order chi connectivity index (χ1) is 8.61. The highest BCUT2D eigenvalue weighted by atomic mass is 16.4. The molecule has 0 aliphatic heterocycles.